The molecule has 0 amide bonds. The molecule has 0 aliphatic rings. The summed E-state index contributed by atoms with van der Waals surface area (Å²) in [5, 5.41) is 0. The molecular weight excluding hydrogens is 188 g/mol. The summed E-state index contributed by atoms with van der Waals surface area (Å²) in [6.45, 7) is 1.94. The van der Waals surface area contributed by atoms with Gasteiger partial charge in [0.2, 0.25) is 11.5 Å². The fourth-order valence-electron chi connectivity index (χ4n) is 0.860. The van der Waals surface area contributed by atoms with E-state index in [-0.39, 0.29) is 18.1 Å². The molecule has 0 saturated carbocycles. The summed E-state index contributed by atoms with van der Waals surface area (Å²) in [7, 11) is 1.23. The van der Waals surface area contributed by atoms with Gasteiger partial charge in [-0.25, -0.2) is 9.59 Å². The molecule has 0 unspecified atom stereocenters. The van der Waals surface area contributed by atoms with Crippen LogP contribution in [-0.2, 0) is 9.47 Å². The number of carbonyl (C=O) groups is 2. The van der Waals surface area contributed by atoms with Crippen LogP contribution >= 0.6 is 0 Å². The zero-order chi connectivity index (χ0) is 10.6. The predicted octanol–water partition coefficient (Wildman–Crippen LogP) is 1.24. The maximum absolute atomic E-state index is 11.1. The van der Waals surface area contributed by atoms with Gasteiger partial charge in [0.05, 0.1) is 13.7 Å². The fourth-order valence-corrected chi connectivity index (χ4v) is 0.860. The van der Waals surface area contributed by atoms with Crippen LogP contribution in [0, 0.1) is 0 Å². The van der Waals surface area contributed by atoms with Crippen molar-refractivity contribution in [1.82, 2.24) is 0 Å². The first-order chi connectivity index (χ1) is 6.69. The number of carbonyl (C=O) groups excluding carboxylic acids is 2. The Bertz CT molecular complexity index is 339. The standard InChI is InChI=1S/C9H10O5/c1-3-13-9(11)7-5-4-6(14-7)8(10)12-2/h4-5H,3H2,1-2H3. The van der Waals surface area contributed by atoms with Gasteiger partial charge >= 0.3 is 11.9 Å². The van der Waals surface area contributed by atoms with Gasteiger partial charge in [0.25, 0.3) is 0 Å². The molecule has 0 N–H and O–H groups in total. The molecule has 0 atom stereocenters. The second-order valence-electron chi connectivity index (χ2n) is 2.38. The average Bonchev–Trinajstić information content (AvgIpc) is 2.66. The van der Waals surface area contributed by atoms with Gasteiger partial charge in [0.1, 0.15) is 0 Å². The molecule has 0 spiro atoms. The third-order valence-corrected chi connectivity index (χ3v) is 1.47. The number of furan rings is 1. The lowest BCUT2D eigenvalue weighted by Gasteiger charge is -1.96. The van der Waals surface area contributed by atoms with E-state index in [4.69, 9.17) is 4.42 Å². The lowest BCUT2D eigenvalue weighted by atomic mass is 10.4. The Morgan fingerprint density at radius 2 is 1.86 bits per heavy atom. The molecule has 0 saturated heterocycles. The van der Waals surface area contributed by atoms with Gasteiger partial charge in [-0.2, -0.15) is 0 Å². The zero-order valence-electron chi connectivity index (χ0n) is 7.90. The third-order valence-electron chi connectivity index (χ3n) is 1.47. The van der Waals surface area contributed by atoms with Crippen molar-refractivity contribution in [2.75, 3.05) is 13.7 Å². The lowest BCUT2D eigenvalue weighted by Crippen LogP contribution is -2.03. The topological polar surface area (TPSA) is 65.7 Å². The van der Waals surface area contributed by atoms with Crippen LogP contribution < -0.4 is 0 Å². The van der Waals surface area contributed by atoms with Crippen molar-refractivity contribution in [1.29, 1.82) is 0 Å². The van der Waals surface area contributed by atoms with Crippen molar-refractivity contribution < 1.29 is 23.5 Å². The molecule has 0 aliphatic carbocycles. The Labute approximate surface area is 80.6 Å². The molecule has 0 aromatic carbocycles. The van der Waals surface area contributed by atoms with E-state index in [1.165, 1.54) is 19.2 Å². The minimum Gasteiger partial charge on any atom is -0.463 e. The molecular formula is C9H10O5. The van der Waals surface area contributed by atoms with Crippen molar-refractivity contribution in [3.63, 3.8) is 0 Å². The first-order valence-corrected chi connectivity index (χ1v) is 4.04. The Kier molecular flexibility index (Phi) is 3.28. The largest absolute Gasteiger partial charge is 0.463 e. The van der Waals surface area contributed by atoms with Gasteiger partial charge in [-0.15, -0.1) is 0 Å². The molecule has 0 radical (unpaired) electrons. The molecule has 1 aromatic rings. The lowest BCUT2D eigenvalue weighted by molar-refractivity contribution is 0.0477. The fraction of sp³-hybridized carbons (Fsp3) is 0.333. The predicted molar refractivity (Wildman–Crippen MR) is 46.0 cm³/mol. The first kappa shape index (κ1) is 10.3. The van der Waals surface area contributed by atoms with Gasteiger partial charge in [-0.3, -0.25) is 0 Å². The highest BCUT2D eigenvalue weighted by Gasteiger charge is 2.16. The van der Waals surface area contributed by atoms with Crippen molar-refractivity contribution in [3.05, 3.63) is 23.7 Å². The summed E-state index contributed by atoms with van der Waals surface area (Å²) in [6.07, 6.45) is 0. The minimum atomic E-state index is -0.624. The van der Waals surface area contributed by atoms with Crippen LogP contribution in [-0.4, -0.2) is 25.7 Å². The van der Waals surface area contributed by atoms with E-state index >= 15 is 0 Å². The highest BCUT2D eigenvalue weighted by atomic mass is 16.6. The van der Waals surface area contributed by atoms with E-state index in [0.29, 0.717) is 0 Å². The molecule has 1 rings (SSSR count). The second-order valence-corrected chi connectivity index (χ2v) is 2.38. The monoisotopic (exact) mass is 198 g/mol. The van der Waals surface area contributed by atoms with Gasteiger partial charge in [0, 0.05) is 0 Å². The molecule has 0 aliphatic heterocycles. The quantitative estimate of drug-likeness (QED) is 0.683. The van der Waals surface area contributed by atoms with E-state index < -0.39 is 11.9 Å². The Morgan fingerprint density at radius 3 is 2.36 bits per heavy atom. The number of rotatable bonds is 3. The van der Waals surface area contributed by atoms with Crippen molar-refractivity contribution in [3.8, 4) is 0 Å². The number of ether oxygens (including phenoxy) is 2. The van der Waals surface area contributed by atoms with E-state index in [9.17, 15) is 9.59 Å². The molecule has 1 aromatic heterocycles. The van der Waals surface area contributed by atoms with Crippen LogP contribution in [0.15, 0.2) is 16.5 Å². The summed E-state index contributed by atoms with van der Waals surface area (Å²) in [5.74, 6) is -1.24. The maximum atomic E-state index is 11.1. The molecule has 76 valence electrons. The van der Waals surface area contributed by atoms with Gasteiger partial charge < -0.3 is 13.9 Å². The number of hydrogen-bond acceptors (Lipinski definition) is 5. The number of methoxy groups -OCH3 is 1. The Morgan fingerprint density at radius 1 is 1.29 bits per heavy atom. The third kappa shape index (κ3) is 2.12. The van der Waals surface area contributed by atoms with Gasteiger partial charge in [-0.05, 0) is 19.1 Å². The maximum Gasteiger partial charge on any atom is 0.374 e. The molecule has 5 nitrogen and oxygen atoms in total. The molecule has 14 heavy (non-hydrogen) atoms. The van der Waals surface area contributed by atoms with Crippen LogP contribution in [0.2, 0.25) is 0 Å². The summed E-state index contributed by atoms with van der Waals surface area (Å²) in [6, 6.07) is 2.72. The molecule has 1 heterocycles. The summed E-state index contributed by atoms with van der Waals surface area (Å²) >= 11 is 0. The van der Waals surface area contributed by atoms with Crippen LogP contribution in [0.5, 0.6) is 0 Å². The number of hydrogen-bond donors (Lipinski definition) is 0. The van der Waals surface area contributed by atoms with Gasteiger partial charge in [0.15, 0.2) is 0 Å². The van der Waals surface area contributed by atoms with Crippen LogP contribution in [0.4, 0.5) is 0 Å². The van der Waals surface area contributed by atoms with Gasteiger partial charge in [-0.1, -0.05) is 0 Å². The second kappa shape index (κ2) is 4.45. The Balaban J connectivity index is 2.77. The van der Waals surface area contributed by atoms with Crippen molar-refractivity contribution in [2.24, 2.45) is 0 Å². The molecule has 5 heteroatoms. The summed E-state index contributed by atoms with van der Waals surface area (Å²) < 4.78 is 14.0. The van der Waals surface area contributed by atoms with Crippen molar-refractivity contribution in [2.45, 2.75) is 6.92 Å². The molecule has 0 fully saturated rings. The number of esters is 2. The highest BCUT2D eigenvalue weighted by molar-refractivity contribution is 5.90. The van der Waals surface area contributed by atoms with E-state index in [2.05, 4.69) is 9.47 Å². The van der Waals surface area contributed by atoms with E-state index in [1.54, 1.807) is 6.92 Å². The van der Waals surface area contributed by atoms with Crippen molar-refractivity contribution >= 4 is 11.9 Å². The Hall–Kier alpha value is -1.78. The summed E-state index contributed by atoms with van der Waals surface area (Å²) in [5.41, 5.74) is 0. The van der Waals surface area contributed by atoms with E-state index in [1.807, 2.05) is 0 Å². The normalized spacial score (nSPS) is 9.57. The molecule has 0 bridgehead atoms. The van der Waals surface area contributed by atoms with Crippen LogP contribution in [0.25, 0.3) is 0 Å². The van der Waals surface area contributed by atoms with E-state index in [0.717, 1.165) is 0 Å². The highest BCUT2D eigenvalue weighted by Crippen LogP contribution is 2.10. The SMILES string of the molecule is CCOC(=O)c1ccc(C(=O)OC)o1. The zero-order valence-corrected chi connectivity index (χ0v) is 7.90. The smallest absolute Gasteiger partial charge is 0.374 e. The first-order valence-electron chi connectivity index (χ1n) is 4.04. The summed E-state index contributed by atoms with van der Waals surface area (Å²) in [4.78, 5) is 22.0. The van der Waals surface area contributed by atoms with Crippen LogP contribution in [0.1, 0.15) is 28.0 Å². The average molecular weight is 198 g/mol. The minimum absolute atomic E-state index is 0.00718. The van der Waals surface area contributed by atoms with Crippen LogP contribution in [0.3, 0.4) is 0 Å².